The van der Waals surface area contributed by atoms with Gasteiger partial charge < -0.3 is 10.2 Å². The molecule has 0 saturated carbocycles. The van der Waals surface area contributed by atoms with Crippen molar-refractivity contribution in [1.82, 2.24) is 0 Å². The second kappa shape index (κ2) is 6.16. The molecular weight excluding hydrogens is 300 g/mol. The van der Waals surface area contributed by atoms with Crippen molar-refractivity contribution < 1.29 is 10.2 Å². The van der Waals surface area contributed by atoms with E-state index in [4.69, 9.17) is 0 Å². The molecule has 24 heavy (non-hydrogen) atoms. The van der Waals surface area contributed by atoms with Gasteiger partial charge in [0.1, 0.15) is 17.7 Å². The van der Waals surface area contributed by atoms with Crippen molar-refractivity contribution in [3.8, 4) is 12.1 Å². The molecular formula is C20H12N2O2. The Morgan fingerprint density at radius 2 is 1.04 bits per heavy atom. The van der Waals surface area contributed by atoms with E-state index in [1.807, 2.05) is 24.3 Å². The molecule has 114 valence electrons. The molecule has 0 aliphatic heterocycles. The van der Waals surface area contributed by atoms with Gasteiger partial charge in [-0.2, -0.15) is 10.5 Å². The van der Waals surface area contributed by atoms with E-state index in [1.165, 1.54) is 0 Å². The van der Waals surface area contributed by atoms with Gasteiger partial charge in [-0.3, -0.25) is 0 Å². The molecule has 3 rings (SSSR count). The number of rotatable bonds is 2. The van der Waals surface area contributed by atoms with Crippen molar-refractivity contribution in [2.45, 2.75) is 0 Å². The minimum atomic E-state index is -0.335. The van der Waals surface area contributed by atoms with Gasteiger partial charge in [-0.15, -0.1) is 0 Å². The summed E-state index contributed by atoms with van der Waals surface area (Å²) in [5, 5.41) is 39.6. The summed E-state index contributed by atoms with van der Waals surface area (Å²) in [5.41, 5.74) is 1.88. The predicted molar refractivity (Wildman–Crippen MR) is 90.2 cm³/mol. The average molecular weight is 312 g/mol. The summed E-state index contributed by atoms with van der Waals surface area (Å²) in [7, 11) is 0. The van der Waals surface area contributed by atoms with Crippen molar-refractivity contribution in [2.24, 2.45) is 0 Å². The number of nitriles is 2. The van der Waals surface area contributed by atoms with Gasteiger partial charge in [0.15, 0.2) is 11.5 Å². The molecule has 4 heteroatoms. The van der Waals surface area contributed by atoms with Gasteiger partial charge >= 0.3 is 0 Å². The molecule has 2 aromatic carbocycles. The Bertz CT molecular complexity index is 890. The molecule has 1 aliphatic carbocycles. The molecule has 1 aliphatic rings. The van der Waals surface area contributed by atoms with Crippen LogP contribution in [0.4, 0.5) is 0 Å². The molecule has 0 aromatic heterocycles. The van der Waals surface area contributed by atoms with E-state index in [9.17, 15) is 20.7 Å². The van der Waals surface area contributed by atoms with Crippen molar-refractivity contribution in [3.63, 3.8) is 0 Å². The normalized spacial score (nSPS) is 13.7. The molecule has 0 atom stereocenters. The van der Waals surface area contributed by atoms with Crippen LogP contribution in [0.25, 0.3) is 11.1 Å². The topological polar surface area (TPSA) is 88.0 Å². The Kier molecular flexibility index (Phi) is 3.89. The highest BCUT2D eigenvalue weighted by Gasteiger charge is 2.33. The Labute approximate surface area is 139 Å². The molecule has 2 N–H and O–H groups in total. The fourth-order valence-electron chi connectivity index (χ4n) is 2.76. The molecule has 0 heterocycles. The third-order valence-corrected chi connectivity index (χ3v) is 3.80. The smallest absolute Gasteiger partial charge is 0.166 e. The van der Waals surface area contributed by atoms with Gasteiger partial charge in [0.2, 0.25) is 0 Å². The first-order chi connectivity index (χ1) is 11.7. The summed E-state index contributed by atoms with van der Waals surface area (Å²) in [6, 6.07) is 21.5. The summed E-state index contributed by atoms with van der Waals surface area (Å²) in [6.07, 6.45) is 0. The molecule has 0 unspecified atom stereocenters. The molecule has 0 bridgehead atoms. The zero-order valence-electron chi connectivity index (χ0n) is 12.6. The van der Waals surface area contributed by atoms with E-state index < -0.39 is 0 Å². The lowest BCUT2D eigenvalue weighted by Crippen LogP contribution is -1.95. The molecule has 0 radical (unpaired) electrons. The van der Waals surface area contributed by atoms with Crippen molar-refractivity contribution in [2.75, 3.05) is 0 Å². The summed E-state index contributed by atoms with van der Waals surface area (Å²) < 4.78 is 0. The van der Waals surface area contributed by atoms with Crippen LogP contribution in [0.5, 0.6) is 0 Å². The third-order valence-electron chi connectivity index (χ3n) is 3.80. The third kappa shape index (κ3) is 2.33. The number of hydrogen-bond donors (Lipinski definition) is 2. The standard InChI is InChI=1S/C20H12N2O2/c21-11-15(12-22)16-17(13-7-3-1-4-8-13)19(23)20(24)18(16)14-9-5-2-6-10-14/h1-10,23-24H. The number of aliphatic hydroxyl groups is 2. The lowest BCUT2D eigenvalue weighted by atomic mass is 9.89. The Morgan fingerprint density at radius 1 is 0.667 bits per heavy atom. The fraction of sp³-hybridized carbons (Fsp3) is 0. The van der Waals surface area contributed by atoms with E-state index >= 15 is 0 Å². The zero-order valence-corrected chi connectivity index (χ0v) is 12.6. The maximum absolute atomic E-state index is 10.5. The maximum atomic E-state index is 10.5. The molecule has 0 amide bonds. The lowest BCUT2D eigenvalue weighted by molar-refractivity contribution is 0.334. The Morgan fingerprint density at radius 3 is 1.38 bits per heavy atom. The van der Waals surface area contributed by atoms with Gasteiger partial charge in [-0.05, 0) is 11.1 Å². The van der Waals surface area contributed by atoms with E-state index in [0.29, 0.717) is 11.1 Å². The van der Waals surface area contributed by atoms with Crippen molar-refractivity contribution in [3.05, 3.63) is 94.5 Å². The van der Waals surface area contributed by atoms with Crippen LogP contribution in [0.1, 0.15) is 11.1 Å². The van der Waals surface area contributed by atoms with Gasteiger partial charge in [0.05, 0.1) is 0 Å². The molecule has 0 saturated heterocycles. The van der Waals surface area contributed by atoms with Gasteiger partial charge in [-0.1, -0.05) is 60.7 Å². The first-order valence-corrected chi connectivity index (χ1v) is 7.22. The first-order valence-electron chi connectivity index (χ1n) is 7.22. The van der Waals surface area contributed by atoms with Crippen LogP contribution < -0.4 is 0 Å². The van der Waals surface area contributed by atoms with Crippen LogP contribution in [0, 0.1) is 22.7 Å². The zero-order chi connectivity index (χ0) is 17.1. The van der Waals surface area contributed by atoms with Crippen molar-refractivity contribution >= 4 is 11.1 Å². The molecule has 4 nitrogen and oxygen atoms in total. The lowest BCUT2D eigenvalue weighted by Gasteiger charge is -2.10. The summed E-state index contributed by atoms with van der Waals surface area (Å²) in [6.45, 7) is 0. The number of nitrogens with zero attached hydrogens (tertiary/aromatic N) is 2. The summed E-state index contributed by atoms with van der Waals surface area (Å²) in [5.74, 6) is -0.670. The predicted octanol–water partition coefficient (Wildman–Crippen LogP) is 4.28. The number of hydrogen-bond acceptors (Lipinski definition) is 4. The van der Waals surface area contributed by atoms with E-state index in [0.717, 1.165) is 0 Å². The average Bonchev–Trinajstić information content (AvgIpc) is 2.89. The van der Waals surface area contributed by atoms with E-state index in [-0.39, 0.29) is 33.8 Å². The molecule has 0 fully saturated rings. The van der Waals surface area contributed by atoms with Crippen LogP contribution in [0.15, 0.2) is 83.3 Å². The first kappa shape index (κ1) is 15.1. The summed E-state index contributed by atoms with van der Waals surface area (Å²) >= 11 is 0. The van der Waals surface area contributed by atoms with Crippen LogP contribution >= 0.6 is 0 Å². The largest absolute Gasteiger partial charge is 0.504 e. The highest BCUT2D eigenvalue weighted by atomic mass is 16.3. The van der Waals surface area contributed by atoms with E-state index in [1.54, 1.807) is 48.5 Å². The maximum Gasteiger partial charge on any atom is 0.166 e. The number of aliphatic hydroxyl groups excluding tert-OH is 2. The van der Waals surface area contributed by atoms with E-state index in [2.05, 4.69) is 0 Å². The second-order valence-electron chi connectivity index (χ2n) is 5.15. The quantitative estimate of drug-likeness (QED) is 0.810. The van der Waals surface area contributed by atoms with Crippen LogP contribution in [-0.2, 0) is 0 Å². The number of allylic oxidation sites excluding steroid dienone is 4. The minimum Gasteiger partial charge on any atom is -0.504 e. The fourth-order valence-corrected chi connectivity index (χ4v) is 2.76. The Balaban J connectivity index is 2.34. The highest BCUT2D eigenvalue weighted by molar-refractivity contribution is 6.07. The highest BCUT2D eigenvalue weighted by Crippen LogP contribution is 2.46. The van der Waals surface area contributed by atoms with Crippen LogP contribution in [0.2, 0.25) is 0 Å². The Hall–Kier alpha value is -3.76. The van der Waals surface area contributed by atoms with Gasteiger partial charge in [-0.25, -0.2) is 0 Å². The minimum absolute atomic E-state index is 0.164. The molecule has 2 aromatic rings. The second-order valence-corrected chi connectivity index (χ2v) is 5.15. The van der Waals surface area contributed by atoms with Crippen LogP contribution in [0.3, 0.4) is 0 Å². The van der Waals surface area contributed by atoms with Crippen molar-refractivity contribution in [1.29, 1.82) is 10.5 Å². The van der Waals surface area contributed by atoms with Crippen LogP contribution in [-0.4, -0.2) is 10.2 Å². The number of benzene rings is 2. The monoisotopic (exact) mass is 312 g/mol. The summed E-state index contributed by atoms with van der Waals surface area (Å²) in [4.78, 5) is 0. The molecule has 0 spiro atoms. The SMILES string of the molecule is N#CC(C#N)=C1C(c2ccccc2)=C(O)C(O)=C1c1ccccc1. The van der Waals surface area contributed by atoms with Gasteiger partial charge in [0.25, 0.3) is 0 Å². The van der Waals surface area contributed by atoms with Gasteiger partial charge in [0, 0.05) is 16.7 Å².